The molecule has 0 aromatic heterocycles. The zero-order valence-electron chi connectivity index (χ0n) is 14.4. The van der Waals surface area contributed by atoms with Crippen molar-refractivity contribution in [2.45, 2.75) is 26.2 Å². The average Bonchev–Trinajstić information content (AvgIpc) is 2.64. The van der Waals surface area contributed by atoms with Crippen LogP contribution in [0, 0.1) is 17.0 Å². The molecule has 1 heterocycles. The highest BCUT2D eigenvalue weighted by molar-refractivity contribution is 6.05. The molecule has 2 aromatic carbocycles. The fraction of sp³-hybridized carbons (Fsp3) is 0.263. The van der Waals surface area contributed by atoms with Crippen LogP contribution in [0.5, 0.6) is 0 Å². The largest absolute Gasteiger partial charge is 0.321 e. The van der Waals surface area contributed by atoms with Crippen LogP contribution < -0.4 is 10.2 Å². The number of amides is 2. The highest BCUT2D eigenvalue weighted by atomic mass is 16.6. The Morgan fingerprint density at radius 1 is 1.15 bits per heavy atom. The smallest absolute Gasteiger partial charge is 0.274 e. The molecule has 7 nitrogen and oxygen atoms in total. The molecule has 1 aliphatic rings. The number of hydrogen-bond donors (Lipinski definition) is 1. The fourth-order valence-electron chi connectivity index (χ4n) is 3.02. The predicted molar refractivity (Wildman–Crippen MR) is 98.4 cm³/mol. The minimum Gasteiger partial charge on any atom is -0.321 e. The van der Waals surface area contributed by atoms with Crippen LogP contribution in [0.3, 0.4) is 0 Å². The van der Waals surface area contributed by atoms with E-state index < -0.39 is 4.92 Å². The maximum atomic E-state index is 12.4. The molecule has 0 atom stereocenters. The summed E-state index contributed by atoms with van der Waals surface area (Å²) in [6.45, 7) is 2.29. The number of benzene rings is 2. The molecule has 26 heavy (non-hydrogen) atoms. The highest BCUT2D eigenvalue weighted by Crippen LogP contribution is 2.26. The number of hydrogen-bond acceptors (Lipinski definition) is 4. The van der Waals surface area contributed by atoms with E-state index in [9.17, 15) is 19.7 Å². The molecule has 3 rings (SSSR count). The number of carbonyl (C=O) groups is 2. The summed E-state index contributed by atoms with van der Waals surface area (Å²) in [6.07, 6.45) is 2.44. The van der Waals surface area contributed by atoms with E-state index in [1.54, 1.807) is 42.2 Å². The van der Waals surface area contributed by atoms with E-state index in [2.05, 4.69) is 5.32 Å². The van der Waals surface area contributed by atoms with Crippen molar-refractivity contribution in [2.75, 3.05) is 16.8 Å². The summed E-state index contributed by atoms with van der Waals surface area (Å²) in [6, 6.07) is 11.4. The molecule has 134 valence electrons. The van der Waals surface area contributed by atoms with Crippen molar-refractivity contribution in [1.29, 1.82) is 0 Å². The van der Waals surface area contributed by atoms with Crippen LogP contribution in [0.4, 0.5) is 17.1 Å². The van der Waals surface area contributed by atoms with Gasteiger partial charge in [0.25, 0.3) is 11.6 Å². The number of carbonyl (C=O) groups excluding carboxylic acids is 2. The zero-order chi connectivity index (χ0) is 18.7. The summed E-state index contributed by atoms with van der Waals surface area (Å²) in [5, 5.41) is 13.7. The molecule has 0 spiro atoms. The normalized spacial score (nSPS) is 14.2. The Balaban J connectivity index is 1.76. The third-order valence-electron chi connectivity index (χ3n) is 4.51. The number of piperidine rings is 1. The predicted octanol–water partition coefficient (Wildman–Crippen LogP) is 3.67. The van der Waals surface area contributed by atoms with Crippen LogP contribution >= 0.6 is 0 Å². The monoisotopic (exact) mass is 353 g/mol. The second-order valence-electron chi connectivity index (χ2n) is 6.21. The Morgan fingerprint density at radius 2 is 1.88 bits per heavy atom. The Labute approximate surface area is 150 Å². The molecule has 7 heteroatoms. The summed E-state index contributed by atoms with van der Waals surface area (Å²) in [7, 11) is 0. The van der Waals surface area contributed by atoms with Crippen LogP contribution in [0.1, 0.15) is 35.2 Å². The van der Waals surface area contributed by atoms with Crippen LogP contribution in [-0.2, 0) is 4.79 Å². The molecule has 1 aliphatic heterocycles. The molecule has 1 saturated heterocycles. The van der Waals surface area contributed by atoms with Crippen molar-refractivity contribution in [3.8, 4) is 0 Å². The fourth-order valence-corrected chi connectivity index (χ4v) is 3.02. The molecule has 1 fully saturated rings. The molecular formula is C19H19N3O4. The number of rotatable bonds is 4. The van der Waals surface area contributed by atoms with Gasteiger partial charge in [-0.2, -0.15) is 0 Å². The summed E-state index contributed by atoms with van der Waals surface area (Å²) >= 11 is 0. The summed E-state index contributed by atoms with van der Waals surface area (Å²) in [5.74, 6) is -0.259. The number of anilines is 2. The summed E-state index contributed by atoms with van der Waals surface area (Å²) in [4.78, 5) is 36.7. The number of nitro benzene ring substituents is 1. The lowest BCUT2D eigenvalue weighted by atomic mass is 10.1. The third-order valence-corrected chi connectivity index (χ3v) is 4.51. The Kier molecular flexibility index (Phi) is 4.97. The maximum Gasteiger partial charge on any atom is 0.274 e. The molecule has 0 bridgehead atoms. The minimum absolute atomic E-state index is 0.0400. The van der Waals surface area contributed by atoms with E-state index in [1.165, 1.54) is 12.1 Å². The van der Waals surface area contributed by atoms with Gasteiger partial charge in [0.05, 0.1) is 16.2 Å². The first-order valence-electron chi connectivity index (χ1n) is 8.43. The number of nitro groups is 1. The molecule has 0 saturated carbocycles. The molecule has 1 N–H and O–H groups in total. The topological polar surface area (TPSA) is 92.6 Å². The first kappa shape index (κ1) is 17.6. The number of nitrogens with one attached hydrogen (secondary N) is 1. The van der Waals surface area contributed by atoms with E-state index in [0.717, 1.165) is 18.5 Å². The van der Waals surface area contributed by atoms with E-state index in [4.69, 9.17) is 0 Å². The average molecular weight is 353 g/mol. The maximum absolute atomic E-state index is 12.4. The first-order valence-corrected chi connectivity index (χ1v) is 8.43. The lowest BCUT2D eigenvalue weighted by Crippen LogP contribution is -2.35. The Hall–Kier alpha value is -3.22. The lowest BCUT2D eigenvalue weighted by Gasteiger charge is -2.26. The van der Waals surface area contributed by atoms with Gasteiger partial charge in [0, 0.05) is 30.3 Å². The molecule has 0 radical (unpaired) electrons. The second kappa shape index (κ2) is 7.35. The zero-order valence-corrected chi connectivity index (χ0v) is 14.4. The Morgan fingerprint density at radius 3 is 2.54 bits per heavy atom. The van der Waals surface area contributed by atoms with Gasteiger partial charge in [-0.15, -0.1) is 0 Å². The van der Waals surface area contributed by atoms with Crippen molar-refractivity contribution >= 4 is 28.9 Å². The second-order valence-corrected chi connectivity index (χ2v) is 6.21. The highest BCUT2D eigenvalue weighted by Gasteiger charge is 2.20. The Bertz CT molecular complexity index is 862. The minimum atomic E-state index is -0.477. The van der Waals surface area contributed by atoms with Gasteiger partial charge >= 0.3 is 0 Å². The standard InChI is InChI=1S/C19H19N3O4/c1-13-16(5-4-6-17(13)22(25)26)20-19(24)14-8-10-15(11-9-14)21-12-3-2-7-18(21)23/h4-6,8-11H,2-3,7,12H2,1H3,(H,20,24). The van der Waals surface area contributed by atoms with Gasteiger partial charge in [0.1, 0.15) is 0 Å². The third kappa shape index (κ3) is 3.56. The van der Waals surface area contributed by atoms with Gasteiger partial charge in [-0.25, -0.2) is 0 Å². The van der Waals surface area contributed by atoms with E-state index in [0.29, 0.717) is 29.8 Å². The van der Waals surface area contributed by atoms with Crippen molar-refractivity contribution in [1.82, 2.24) is 0 Å². The molecule has 2 amide bonds. The number of nitrogens with zero attached hydrogens (tertiary/aromatic N) is 2. The van der Waals surface area contributed by atoms with Crippen LogP contribution in [-0.4, -0.2) is 23.3 Å². The van der Waals surface area contributed by atoms with Gasteiger partial charge < -0.3 is 10.2 Å². The molecule has 0 unspecified atom stereocenters. The van der Waals surface area contributed by atoms with Crippen LogP contribution in [0.15, 0.2) is 42.5 Å². The van der Waals surface area contributed by atoms with Crippen molar-refractivity contribution in [2.24, 2.45) is 0 Å². The van der Waals surface area contributed by atoms with E-state index in [-0.39, 0.29) is 17.5 Å². The van der Waals surface area contributed by atoms with Gasteiger partial charge in [0.15, 0.2) is 0 Å². The molecular weight excluding hydrogens is 334 g/mol. The van der Waals surface area contributed by atoms with Gasteiger partial charge in [-0.05, 0) is 50.1 Å². The lowest BCUT2D eigenvalue weighted by molar-refractivity contribution is -0.385. The van der Waals surface area contributed by atoms with E-state index in [1.807, 2.05) is 0 Å². The quantitative estimate of drug-likeness (QED) is 0.670. The van der Waals surface area contributed by atoms with Crippen LogP contribution in [0.2, 0.25) is 0 Å². The first-order chi connectivity index (χ1) is 12.5. The van der Waals surface area contributed by atoms with E-state index >= 15 is 0 Å². The van der Waals surface area contributed by atoms with Gasteiger partial charge in [-0.1, -0.05) is 6.07 Å². The van der Waals surface area contributed by atoms with Crippen molar-refractivity contribution in [3.05, 3.63) is 63.7 Å². The van der Waals surface area contributed by atoms with Gasteiger partial charge in [0.2, 0.25) is 5.91 Å². The van der Waals surface area contributed by atoms with Crippen molar-refractivity contribution < 1.29 is 14.5 Å². The van der Waals surface area contributed by atoms with Crippen LogP contribution in [0.25, 0.3) is 0 Å². The molecule has 0 aliphatic carbocycles. The SMILES string of the molecule is Cc1c(NC(=O)c2ccc(N3CCCCC3=O)cc2)cccc1[N+](=O)[O-]. The molecule has 2 aromatic rings. The summed E-state index contributed by atoms with van der Waals surface area (Å²) in [5.41, 5.74) is 1.96. The van der Waals surface area contributed by atoms with Gasteiger partial charge in [-0.3, -0.25) is 19.7 Å². The summed E-state index contributed by atoms with van der Waals surface area (Å²) < 4.78 is 0. The van der Waals surface area contributed by atoms with Crippen molar-refractivity contribution in [3.63, 3.8) is 0 Å².